The Balaban J connectivity index is 2.11. The number of rotatable bonds is 2. The van der Waals surface area contributed by atoms with E-state index in [1.165, 1.54) is 4.90 Å². The first-order valence-corrected chi connectivity index (χ1v) is 7.37. The normalized spacial score (nSPS) is 31.2. The number of amides is 2. The summed E-state index contributed by atoms with van der Waals surface area (Å²) in [5.74, 6) is -0.944. The molecule has 2 heterocycles. The van der Waals surface area contributed by atoms with Crippen LogP contribution < -0.4 is 0 Å². The molecule has 6 heteroatoms. The lowest BCUT2D eigenvalue weighted by atomic mass is 10.1. The predicted molar refractivity (Wildman–Crippen MR) is 73.6 cm³/mol. The summed E-state index contributed by atoms with van der Waals surface area (Å²) in [6.07, 6.45) is 4.45. The van der Waals surface area contributed by atoms with Crippen molar-refractivity contribution in [1.29, 1.82) is 0 Å². The third-order valence-electron chi connectivity index (χ3n) is 4.43. The molecule has 0 radical (unpaired) electrons. The minimum absolute atomic E-state index is 0.147. The van der Waals surface area contributed by atoms with Crippen LogP contribution in [0.25, 0.3) is 0 Å². The topological polar surface area (TPSA) is 70.1 Å². The molecule has 3 unspecified atom stereocenters. The van der Waals surface area contributed by atoms with Gasteiger partial charge in [-0.15, -0.1) is 0 Å². The molecule has 0 saturated carbocycles. The molecule has 0 aliphatic carbocycles. The monoisotopic (exact) mass is 284 g/mol. The van der Waals surface area contributed by atoms with Gasteiger partial charge in [0.05, 0.1) is 6.10 Å². The summed E-state index contributed by atoms with van der Waals surface area (Å²) in [5, 5.41) is 9.30. The number of carboxylic acids is 1. The standard InChI is InChI=1S/C14H24N2O4/c1-10-6-4-3-5-7-15(10)14(19)16-9-11(20-2)8-12(16)13(17)18/h10-12H,3-9H2,1-2H3,(H,17,18). The van der Waals surface area contributed by atoms with E-state index >= 15 is 0 Å². The van der Waals surface area contributed by atoms with E-state index in [1.807, 2.05) is 11.8 Å². The van der Waals surface area contributed by atoms with Crippen LogP contribution >= 0.6 is 0 Å². The van der Waals surface area contributed by atoms with Gasteiger partial charge in [-0.3, -0.25) is 0 Å². The highest BCUT2D eigenvalue weighted by Crippen LogP contribution is 2.25. The lowest BCUT2D eigenvalue weighted by molar-refractivity contribution is -0.141. The molecule has 6 nitrogen and oxygen atoms in total. The molecule has 0 aromatic heterocycles. The van der Waals surface area contributed by atoms with E-state index in [1.54, 1.807) is 7.11 Å². The number of ether oxygens (including phenoxy) is 1. The van der Waals surface area contributed by atoms with Crippen molar-refractivity contribution in [1.82, 2.24) is 9.80 Å². The van der Waals surface area contributed by atoms with Gasteiger partial charge in [-0.1, -0.05) is 12.8 Å². The smallest absolute Gasteiger partial charge is 0.326 e. The van der Waals surface area contributed by atoms with Crippen molar-refractivity contribution in [3.63, 3.8) is 0 Å². The number of urea groups is 1. The summed E-state index contributed by atoms with van der Waals surface area (Å²) >= 11 is 0. The zero-order valence-electron chi connectivity index (χ0n) is 12.2. The number of hydrogen-bond acceptors (Lipinski definition) is 3. The van der Waals surface area contributed by atoms with Gasteiger partial charge >= 0.3 is 12.0 Å². The second-order valence-electron chi connectivity index (χ2n) is 5.77. The van der Waals surface area contributed by atoms with Crippen LogP contribution in [0, 0.1) is 0 Å². The minimum Gasteiger partial charge on any atom is -0.480 e. The van der Waals surface area contributed by atoms with Gasteiger partial charge < -0.3 is 19.6 Å². The fourth-order valence-electron chi connectivity index (χ4n) is 3.14. The fraction of sp³-hybridized carbons (Fsp3) is 0.857. The van der Waals surface area contributed by atoms with Gasteiger partial charge in [0.2, 0.25) is 0 Å². The molecule has 0 bridgehead atoms. The lowest BCUT2D eigenvalue weighted by Crippen LogP contribution is -2.50. The van der Waals surface area contributed by atoms with Crippen LogP contribution in [0.5, 0.6) is 0 Å². The van der Waals surface area contributed by atoms with E-state index in [9.17, 15) is 14.7 Å². The van der Waals surface area contributed by atoms with Crippen molar-refractivity contribution < 1.29 is 19.4 Å². The third kappa shape index (κ3) is 3.06. The Kier molecular flexibility index (Phi) is 4.86. The lowest BCUT2D eigenvalue weighted by Gasteiger charge is -2.33. The zero-order chi connectivity index (χ0) is 14.7. The van der Waals surface area contributed by atoms with Crippen LogP contribution in [-0.4, -0.2) is 65.3 Å². The van der Waals surface area contributed by atoms with E-state index in [4.69, 9.17) is 4.74 Å². The molecule has 0 aromatic rings. The summed E-state index contributed by atoms with van der Waals surface area (Å²) < 4.78 is 5.24. The number of carboxylic acid groups (broad SMARTS) is 1. The molecule has 2 saturated heterocycles. The molecule has 2 amide bonds. The van der Waals surface area contributed by atoms with Gasteiger partial charge in [-0.05, 0) is 19.8 Å². The predicted octanol–water partition coefficient (Wildman–Crippen LogP) is 1.54. The van der Waals surface area contributed by atoms with E-state index < -0.39 is 12.0 Å². The molecule has 114 valence electrons. The number of carbonyl (C=O) groups excluding carboxylic acids is 1. The van der Waals surface area contributed by atoms with Gasteiger partial charge in [-0.25, -0.2) is 9.59 Å². The van der Waals surface area contributed by atoms with Crippen molar-refractivity contribution in [2.24, 2.45) is 0 Å². The Morgan fingerprint density at radius 2 is 1.95 bits per heavy atom. The van der Waals surface area contributed by atoms with Crippen LogP contribution in [0.15, 0.2) is 0 Å². The Morgan fingerprint density at radius 1 is 1.20 bits per heavy atom. The quantitative estimate of drug-likeness (QED) is 0.835. The van der Waals surface area contributed by atoms with Gasteiger partial charge in [0.25, 0.3) is 0 Å². The van der Waals surface area contributed by atoms with E-state index in [2.05, 4.69) is 0 Å². The number of hydrogen-bond donors (Lipinski definition) is 1. The number of likely N-dealkylation sites (tertiary alicyclic amines) is 2. The molecular formula is C14H24N2O4. The molecule has 2 fully saturated rings. The summed E-state index contributed by atoms with van der Waals surface area (Å²) in [5.41, 5.74) is 0. The van der Waals surface area contributed by atoms with Crippen LogP contribution in [0.4, 0.5) is 4.79 Å². The number of carbonyl (C=O) groups is 2. The fourth-order valence-corrected chi connectivity index (χ4v) is 3.14. The second-order valence-corrected chi connectivity index (χ2v) is 5.77. The number of aliphatic carboxylic acids is 1. The number of methoxy groups -OCH3 is 1. The van der Waals surface area contributed by atoms with Crippen molar-refractivity contribution in [2.75, 3.05) is 20.2 Å². The first-order chi connectivity index (χ1) is 9.54. The third-order valence-corrected chi connectivity index (χ3v) is 4.43. The van der Waals surface area contributed by atoms with Crippen molar-refractivity contribution in [3.8, 4) is 0 Å². The maximum Gasteiger partial charge on any atom is 0.326 e. The first kappa shape index (κ1) is 15.1. The molecule has 2 aliphatic rings. The van der Waals surface area contributed by atoms with Gasteiger partial charge in [0, 0.05) is 32.7 Å². The molecule has 0 spiro atoms. The molecular weight excluding hydrogens is 260 g/mol. The van der Waals surface area contributed by atoms with Crippen LogP contribution in [0.2, 0.25) is 0 Å². The Hall–Kier alpha value is -1.30. The molecule has 20 heavy (non-hydrogen) atoms. The summed E-state index contributed by atoms with van der Waals surface area (Å²) in [6, 6.07) is -0.727. The zero-order valence-corrected chi connectivity index (χ0v) is 12.2. The summed E-state index contributed by atoms with van der Waals surface area (Å²) in [4.78, 5) is 27.3. The first-order valence-electron chi connectivity index (χ1n) is 7.37. The van der Waals surface area contributed by atoms with Gasteiger partial charge in [0.1, 0.15) is 6.04 Å². The highest BCUT2D eigenvalue weighted by Gasteiger charge is 2.42. The van der Waals surface area contributed by atoms with Crippen molar-refractivity contribution >= 4 is 12.0 Å². The molecule has 2 aliphatic heterocycles. The maximum atomic E-state index is 12.7. The van der Waals surface area contributed by atoms with Crippen molar-refractivity contribution in [3.05, 3.63) is 0 Å². The SMILES string of the molecule is COC1CC(C(=O)O)N(C(=O)N2CCCCCC2C)C1. The minimum atomic E-state index is -0.944. The van der Waals surface area contributed by atoms with E-state index in [0.29, 0.717) is 13.0 Å². The van der Waals surface area contributed by atoms with Crippen LogP contribution in [0.3, 0.4) is 0 Å². The summed E-state index contributed by atoms with van der Waals surface area (Å²) in [6.45, 7) is 3.14. The summed E-state index contributed by atoms with van der Waals surface area (Å²) in [7, 11) is 1.56. The Bertz CT molecular complexity index is 374. The Labute approximate surface area is 119 Å². The van der Waals surface area contributed by atoms with E-state index in [0.717, 1.165) is 32.2 Å². The Morgan fingerprint density at radius 3 is 2.60 bits per heavy atom. The average Bonchev–Trinajstić information content (AvgIpc) is 2.75. The molecule has 0 aromatic carbocycles. The van der Waals surface area contributed by atoms with Gasteiger partial charge in [-0.2, -0.15) is 0 Å². The maximum absolute atomic E-state index is 12.7. The highest BCUT2D eigenvalue weighted by atomic mass is 16.5. The van der Waals surface area contributed by atoms with Crippen LogP contribution in [-0.2, 0) is 9.53 Å². The van der Waals surface area contributed by atoms with Crippen LogP contribution in [0.1, 0.15) is 39.0 Å². The highest BCUT2D eigenvalue weighted by molar-refractivity contribution is 5.83. The number of nitrogens with zero attached hydrogens (tertiary/aromatic N) is 2. The molecule has 1 N–H and O–H groups in total. The molecule has 3 atom stereocenters. The second kappa shape index (κ2) is 6.43. The largest absolute Gasteiger partial charge is 0.480 e. The van der Waals surface area contributed by atoms with E-state index in [-0.39, 0.29) is 18.2 Å². The van der Waals surface area contributed by atoms with Gasteiger partial charge in [0.15, 0.2) is 0 Å². The molecule has 2 rings (SSSR count). The average molecular weight is 284 g/mol. The van der Waals surface area contributed by atoms with Crippen molar-refractivity contribution in [2.45, 2.75) is 57.2 Å².